The van der Waals surface area contributed by atoms with Crippen LogP contribution in [0.4, 0.5) is 0 Å². The molecular weight excluding hydrogens is 628 g/mol. The Labute approximate surface area is 277 Å². The lowest BCUT2D eigenvalue weighted by atomic mass is 10.1. The second kappa shape index (κ2) is 16.4. The van der Waals surface area contributed by atoms with E-state index in [-0.39, 0.29) is 30.2 Å². The zero-order valence-electron chi connectivity index (χ0n) is 26.6. The molecule has 3 rings (SSSR count). The lowest BCUT2D eigenvalue weighted by molar-refractivity contribution is -0.132. The average Bonchev–Trinajstić information content (AvgIpc) is 3.45. The van der Waals surface area contributed by atoms with E-state index in [2.05, 4.69) is 26.4 Å². The number of ether oxygens (including phenoxy) is 1. The largest absolute Gasteiger partial charge is 0.491 e. The van der Waals surface area contributed by atoms with Gasteiger partial charge in [-0.05, 0) is 70.0 Å². The molecule has 5 N–H and O–H groups in total. The van der Waals surface area contributed by atoms with Gasteiger partial charge in [0.05, 0.1) is 6.10 Å². The van der Waals surface area contributed by atoms with Gasteiger partial charge in [0.1, 0.15) is 41.8 Å². The molecule has 0 aliphatic heterocycles. The molecule has 0 saturated heterocycles. The first-order valence-corrected chi connectivity index (χ1v) is 15.0. The number of nitrogens with one attached hydrogen (secondary N) is 4. The molecule has 0 fully saturated rings. The number of aromatic nitrogens is 1. The summed E-state index contributed by atoms with van der Waals surface area (Å²) in [5.41, 5.74) is 0.353. The number of halogens is 1. The first kappa shape index (κ1) is 36.3. The van der Waals surface area contributed by atoms with Crippen molar-refractivity contribution >= 4 is 41.3 Å². The minimum atomic E-state index is -1.46. The van der Waals surface area contributed by atoms with Crippen LogP contribution in [0.5, 0.6) is 5.75 Å². The third-order valence-corrected chi connectivity index (χ3v) is 6.76. The van der Waals surface area contributed by atoms with E-state index in [9.17, 15) is 29.5 Å². The molecule has 0 bridgehead atoms. The normalized spacial score (nSPS) is 13.4. The number of aryl methyl sites for hydroxylation is 1. The molecule has 4 amide bonds. The topological polar surface area (TPSA) is 196 Å². The lowest BCUT2D eigenvalue weighted by Crippen LogP contribution is -2.58. The van der Waals surface area contributed by atoms with E-state index in [4.69, 9.17) is 20.9 Å². The van der Waals surface area contributed by atoms with Crippen LogP contribution in [0.1, 0.15) is 55.1 Å². The number of nitrogens with zero attached hydrogens (tertiary/aromatic N) is 2. The highest BCUT2D eigenvalue weighted by molar-refractivity contribution is 6.31. The van der Waals surface area contributed by atoms with Gasteiger partial charge < -0.3 is 35.6 Å². The number of hydrogen-bond acceptors (Lipinski definition) is 9. The van der Waals surface area contributed by atoms with E-state index in [1.807, 2.05) is 6.07 Å². The van der Waals surface area contributed by atoms with Crippen LogP contribution in [0.2, 0.25) is 5.02 Å². The van der Waals surface area contributed by atoms with Crippen molar-refractivity contribution in [2.45, 2.75) is 64.9 Å². The quantitative estimate of drug-likeness (QED) is 0.135. The molecule has 0 unspecified atom stereocenters. The predicted molar refractivity (Wildman–Crippen MR) is 173 cm³/mol. The summed E-state index contributed by atoms with van der Waals surface area (Å²) in [5, 5.41) is 34.3. The molecule has 0 aliphatic rings. The number of rotatable bonds is 13. The third kappa shape index (κ3) is 11.3. The van der Waals surface area contributed by atoms with Crippen LogP contribution in [0, 0.1) is 18.3 Å². The second-order valence-corrected chi connectivity index (χ2v) is 12.0. The first-order valence-electron chi connectivity index (χ1n) is 14.6. The number of carbonyl (C=O) groups is 4. The van der Waals surface area contributed by atoms with Crippen molar-refractivity contribution in [2.24, 2.45) is 0 Å². The van der Waals surface area contributed by atoms with Gasteiger partial charge in [-0.25, -0.2) is 0 Å². The zero-order valence-corrected chi connectivity index (χ0v) is 27.3. The molecule has 3 atom stereocenters. The van der Waals surface area contributed by atoms with E-state index in [0.717, 1.165) is 0 Å². The monoisotopic (exact) mass is 664 g/mol. The molecule has 0 radical (unpaired) electrons. The van der Waals surface area contributed by atoms with Crippen molar-refractivity contribution in [3.8, 4) is 11.8 Å². The number of amides is 4. The molecule has 13 nitrogen and oxygen atoms in total. The number of hydrogen-bond donors (Lipinski definition) is 5. The summed E-state index contributed by atoms with van der Waals surface area (Å²) < 4.78 is 10.8. The van der Waals surface area contributed by atoms with E-state index in [1.54, 1.807) is 76.2 Å². The number of aliphatic hydroxyl groups excluding tert-OH is 1. The van der Waals surface area contributed by atoms with E-state index < -0.39 is 47.4 Å². The molecule has 3 aromatic rings. The van der Waals surface area contributed by atoms with Crippen LogP contribution in [0.15, 0.2) is 64.7 Å². The van der Waals surface area contributed by atoms with Gasteiger partial charge in [0.25, 0.3) is 11.8 Å². The molecule has 248 valence electrons. The van der Waals surface area contributed by atoms with Crippen LogP contribution in [-0.4, -0.2) is 64.2 Å². The summed E-state index contributed by atoms with van der Waals surface area (Å²) >= 11 is 6.23. The van der Waals surface area contributed by atoms with Crippen molar-refractivity contribution in [3.05, 3.63) is 87.8 Å². The molecule has 0 spiro atoms. The fourth-order valence-corrected chi connectivity index (χ4v) is 4.28. The Morgan fingerprint density at radius 1 is 1.09 bits per heavy atom. The van der Waals surface area contributed by atoms with Gasteiger partial charge in [0, 0.05) is 23.2 Å². The van der Waals surface area contributed by atoms with Crippen molar-refractivity contribution in [3.63, 3.8) is 0 Å². The van der Waals surface area contributed by atoms with Crippen molar-refractivity contribution in [1.29, 1.82) is 5.26 Å². The Bertz CT molecular complexity index is 1670. The minimum Gasteiger partial charge on any atom is -0.491 e. The SMILES string of the molecule is Cc1cc(C(=O)N[C@H](C(=O)N[C@@H](COc2cccc(/C=C(\C#N)C(=O)NC(C)(C)C)c2)C(=O)NCc2ccccc2Cl)[C@@H](C)O)no1. The Hall–Kier alpha value is -5.19. The van der Waals surface area contributed by atoms with Crippen molar-refractivity contribution < 1.29 is 33.5 Å². The van der Waals surface area contributed by atoms with Gasteiger partial charge in [-0.3, -0.25) is 19.2 Å². The Morgan fingerprint density at radius 3 is 2.43 bits per heavy atom. The molecule has 0 saturated carbocycles. The summed E-state index contributed by atoms with van der Waals surface area (Å²) in [6.45, 7) is 7.95. The van der Waals surface area contributed by atoms with Crippen molar-refractivity contribution in [1.82, 2.24) is 26.4 Å². The summed E-state index contributed by atoms with van der Waals surface area (Å²) in [4.78, 5) is 51.9. The Morgan fingerprint density at radius 2 is 1.81 bits per heavy atom. The van der Waals surface area contributed by atoms with Gasteiger partial charge in [0.2, 0.25) is 11.8 Å². The number of aliphatic hydroxyl groups is 1. The van der Waals surface area contributed by atoms with Gasteiger partial charge in [-0.1, -0.05) is 47.1 Å². The van der Waals surface area contributed by atoms with Gasteiger partial charge >= 0.3 is 0 Å². The van der Waals surface area contributed by atoms with E-state index >= 15 is 0 Å². The third-order valence-electron chi connectivity index (χ3n) is 6.40. The first-order chi connectivity index (χ1) is 22.2. The van der Waals surface area contributed by atoms with Gasteiger partial charge in [-0.15, -0.1) is 0 Å². The molecular formula is C33H37ClN6O7. The maximum absolute atomic E-state index is 13.4. The fourth-order valence-electron chi connectivity index (χ4n) is 4.08. The minimum absolute atomic E-state index is 0.0425. The van der Waals surface area contributed by atoms with E-state index in [0.29, 0.717) is 21.9 Å². The number of carbonyl (C=O) groups excluding carboxylic acids is 4. The summed E-state index contributed by atoms with van der Waals surface area (Å²) in [5.74, 6) is -2.17. The fraction of sp³-hybridized carbons (Fsp3) is 0.333. The van der Waals surface area contributed by atoms with Gasteiger partial charge in [-0.2, -0.15) is 5.26 Å². The van der Waals surface area contributed by atoms with Crippen LogP contribution >= 0.6 is 11.6 Å². The Kier molecular flexibility index (Phi) is 12.7. The summed E-state index contributed by atoms with van der Waals surface area (Å²) in [6, 6.07) is 13.8. The second-order valence-electron chi connectivity index (χ2n) is 11.6. The Balaban J connectivity index is 1.80. The highest BCUT2D eigenvalue weighted by Gasteiger charge is 2.31. The summed E-state index contributed by atoms with van der Waals surface area (Å²) in [6.07, 6.45) is 0.0449. The molecule has 2 aromatic carbocycles. The van der Waals surface area contributed by atoms with E-state index in [1.165, 1.54) is 19.1 Å². The van der Waals surface area contributed by atoms with Crippen LogP contribution < -0.4 is 26.0 Å². The summed E-state index contributed by atoms with van der Waals surface area (Å²) in [7, 11) is 0. The van der Waals surface area contributed by atoms with Crippen LogP contribution in [-0.2, 0) is 20.9 Å². The standard InChI is InChI=1S/C33H37ClN6O7/c1-19-13-26(40-47-19)31(44)38-28(20(2)41)32(45)37-27(30(43)36-17-22-10-6-7-12-25(22)34)18-46-24-11-8-9-21(15-24)14-23(16-35)29(42)39-33(3,4)5/h6-15,20,27-28,41H,17-18H2,1-5H3,(H,36,43)(H,37,45)(H,38,44)(H,39,42)/b23-14+/t20-,27+,28+/m1/s1. The predicted octanol–water partition coefficient (Wildman–Crippen LogP) is 2.82. The molecule has 1 aromatic heterocycles. The zero-order chi connectivity index (χ0) is 34.7. The van der Waals surface area contributed by atoms with Gasteiger partial charge in [0.15, 0.2) is 5.69 Å². The highest BCUT2D eigenvalue weighted by Crippen LogP contribution is 2.18. The molecule has 47 heavy (non-hydrogen) atoms. The number of benzene rings is 2. The molecule has 0 aliphatic carbocycles. The smallest absolute Gasteiger partial charge is 0.274 e. The van der Waals surface area contributed by atoms with Crippen molar-refractivity contribution in [2.75, 3.05) is 6.61 Å². The lowest BCUT2D eigenvalue weighted by Gasteiger charge is -2.24. The molecule has 1 heterocycles. The average molecular weight is 665 g/mol. The highest BCUT2D eigenvalue weighted by atomic mass is 35.5. The molecule has 14 heteroatoms. The van der Waals surface area contributed by atoms with Crippen LogP contribution in [0.3, 0.4) is 0 Å². The maximum atomic E-state index is 13.4. The number of nitriles is 1. The van der Waals surface area contributed by atoms with Crippen LogP contribution in [0.25, 0.3) is 6.08 Å². The maximum Gasteiger partial charge on any atom is 0.274 e.